The number of fused-ring (bicyclic) bond motifs is 1. The van der Waals surface area contributed by atoms with Gasteiger partial charge in [-0.1, -0.05) is 30.3 Å². The highest BCUT2D eigenvalue weighted by atomic mass is 19.1. The zero-order valence-corrected chi connectivity index (χ0v) is 15.7. The molecule has 11 nitrogen and oxygen atoms in total. The number of carbonyl (C=O) groups is 2. The number of nitrogens with zero attached hydrogens (tertiary/aromatic N) is 5. The fraction of sp³-hybridized carbons (Fsp3) is 0.333. The minimum Gasteiger partial charge on any atom is -0.450 e. The van der Waals surface area contributed by atoms with Gasteiger partial charge >= 0.3 is 6.16 Å². The van der Waals surface area contributed by atoms with E-state index < -0.39 is 36.7 Å². The van der Waals surface area contributed by atoms with Crippen molar-refractivity contribution in [3.8, 4) is 0 Å². The van der Waals surface area contributed by atoms with Gasteiger partial charge in [0.1, 0.15) is 12.4 Å². The summed E-state index contributed by atoms with van der Waals surface area (Å²) in [5, 5.41) is 19.3. The monoisotopic (exact) mass is 416 g/mol. The number of aromatic nitrogens is 5. The Bertz CT molecular complexity index is 1080. The van der Waals surface area contributed by atoms with E-state index in [0.717, 1.165) is 4.68 Å². The van der Waals surface area contributed by atoms with Gasteiger partial charge in [0.15, 0.2) is 35.5 Å². The lowest BCUT2D eigenvalue weighted by Crippen LogP contribution is -2.33. The molecule has 12 heteroatoms. The number of nitrogens with one attached hydrogen (secondary N) is 1. The molecule has 3 heterocycles. The zero-order valence-electron chi connectivity index (χ0n) is 15.7. The minimum atomic E-state index is -1.83. The van der Waals surface area contributed by atoms with E-state index in [-0.39, 0.29) is 17.0 Å². The smallest absolute Gasteiger partial charge is 0.450 e. The summed E-state index contributed by atoms with van der Waals surface area (Å²) in [5.41, 5.74) is 0.666. The lowest BCUT2D eigenvalue weighted by Gasteiger charge is -2.15. The Morgan fingerprint density at radius 3 is 2.77 bits per heavy atom. The van der Waals surface area contributed by atoms with Gasteiger partial charge in [-0.3, -0.25) is 4.79 Å². The maximum Gasteiger partial charge on any atom is 0.506 e. The van der Waals surface area contributed by atoms with Crippen molar-refractivity contribution in [3.63, 3.8) is 0 Å². The second-order valence-corrected chi connectivity index (χ2v) is 6.51. The van der Waals surface area contributed by atoms with E-state index in [2.05, 4.69) is 30.3 Å². The largest absolute Gasteiger partial charge is 0.506 e. The first-order valence-electron chi connectivity index (χ1n) is 9.11. The average molecular weight is 416 g/mol. The molecule has 1 fully saturated rings. The topological polar surface area (TPSA) is 141 Å². The summed E-state index contributed by atoms with van der Waals surface area (Å²) in [5.74, 6) is -0.314. The van der Waals surface area contributed by atoms with Gasteiger partial charge in [-0.05, 0) is 18.6 Å². The average Bonchev–Trinajstić information content (AvgIpc) is 3.30. The molecular weight excluding hydrogens is 399 g/mol. The highest BCUT2D eigenvalue weighted by molar-refractivity contribution is 6.06. The van der Waals surface area contributed by atoms with E-state index in [9.17, 15) is 14.0 Å². The summed E-state index contributed by atoms with van der Waals surface area (Å²) in [6.45, 7) is 1.72. The quantitative estimate of drug-likeness (QED) is 0.599. The number of alkyl halides is 1. The van der Waals surface area contributed by atoms with Crippen LogP contribution in [0, 0.1) is 0 Å². The summed E-state index contributed by atoms with van der Waals surface area (Å²) in [7, 11) is 0. The maximum absolute atomic E-state index is 15.0. The molecule has 4 atom stereocenters. The van der Waals surface area contributed by atoms with E-state index in [1.54, 1.807) is 37.3 Å². The number of ether oxygens (including phenoxy) is 2. The molecule has 0 radical (unpaired) electrons. The fourth-order valence-electron chi connectivity index (χ4n) is 3.27. The van der Waals surface area contributed by atoms with Gasteiger partial charge in [-0.25, -0.2) is 19.2 Å². The number of rotatable bonds is 5. The normalized spacial score (nSPS) is 23.4. The SMILES string of the molecule is CC[C@H]1O[C@@H](n2nnc3c(NC(=O)c4ccccc4)ncnc32)[C@@H](F)[C@@H]1OC(=O)O. The van der Waals surface area contributed by atoms with Gasteiger partial charge in [0.05, 0.1) is 0 Å². The van der Waals surface area contributed by atoms with Crippen molar-refractivity contribution < 1.29 is 28.6 Å². The Labute approximate surface area is 168 Å². The standard InChI is InChI=1S/C18H17FN6O5/c1-2-10-13(30-18(27)28)11(19)17(29-10)25-15-12(23-24-25)14(20-8-21-15)22-16(26)9-6-4-3-5-7-9/h3-8,10-11,13,17H,2H2,1H3,(H,27,28)(H,20,21,22,26)/t10-,11+,13-,17-/m1/s1. The van der Waals surface area contributed by atoms with Crippen LogP contribution in [0.3, 0.4) is 0 Å². The second kappa shape index (κ2) is 7.99. The molecule has 3 aromatic rings. The van der Waals surface area contributed by atoms with Gasteiger partial charge in [-0.15, -0.1) is 5.10 Å². The van der Waals surface area contributed by atoms with Crippen LogP contribution in [-0.2, 0) is 9.47 Å². The summed E-state index contributed by atoms with van der Waals surface area (Å²) in [6.07, 6.45) is -5.31. The Morgan fingerprint density at radius 1 is 1.30 bits per heavy atom. The molecule has 2 aromatic heterocycles. The third-order valence-corrected chi connectivity index (χ3v) is 4.68. The van der Waals surface area contributed by atoms with Gasteiger partial charge in [0, 0.05) is 5.56 Å². The second-order valence-electron chi connectivity index (χ2n) is 6.51. The number of carbonyl (C=O) groups excluding carboxylic acids is 1. The van der Waals surface area contributed by atoms with Crippen LogP contribution in [0.15, 0.2) is 36.7 Å². The van der Waals surface area contributed by atoms with Crippen molar-refractivity contribution in [1.29, 1.82) is 0 Å². The molecule has 0 bridgehead atoms. The van der Waals surface area contributed by atoms with E-state index in [1.807, 2.05) is 0 Å². The molecule has 2 N–H and O–H groups in total. The third kappa shape index (κ3) is 3.52. The Hall–Kier alpha value is -3.67. The first-order valence-corrected chi connectivity index (χ1v) is 9.11. The van der Waals surface area contributed by atoms with Gasteiger partial charge in [-0.2, -0.15) is 4.68 Å². The minimum absolute atomic E-state index is 0.0962. The van der Waals surface area contributed by atoms with Crippen LogP contribution in [0.4, 0.5) is 15.0 Å². The van der Waals surface area contributed by atoms with Crippen LogP contribution in [0.25, 0.3) is 11.2 Å². The van der Waals surface area contributed by atoms with Crippen molar-refractivity contribution in [3.05, 3.63) is 42.2 Å². The molecule has 0 aliphatic carbocycles. The van der Waals surface area contributed by atoms with Crippen molar-refractivity contribution in [1.82, 2.24) is 25.0 Å². The lowest BCUT2D eigenvalue weighted by molar-refractivity contribution is -0.0354. The van der Waals surface area contributed by atoms with Crippen molar-refractivity contribution in [2.45, 2.75) is 38.0 Å². The number of hydrogen-bond acceptors (Lipinski definition) is 8. The summed E-state index contributed by atoms with van der Waals surface area (Å²) in [6, 6.07) is 8.50. The summed E-state index contributed by atoms with van der Waals surface area (Å²) in [4.78, 5) is 31.4. The molecule has 1 amide bonds. The number of halogens is 1. The van der Waals surface area contributed by atoms with Crippen LogP contribution >= 0.6 is 0 Å². The predicted octanol–water partition coefficient (Wildman–Crippen LogP) is 2.18. The number of carboxylic acid groups (broad SMARTS) is 1. The van der Waals surface area contributed by atoms with Gasteiger partial charge < -0.3 is 19.9 Å². The summed E-state index contributed by atoms with van der Waals surface area (Å²) < 4.78 is 26.3. The highest BCUT2D eigenvalue weighted by Gasteiger charge is 2.49. The molecule has 1 aromatic carbocycles. The molecule has 0 spiro atoms. The molecule has 0 saturated carbocycles. The maximum atomic E-state index is 15.0. The van der Waals surface area contributed by atoms with Crippen LogP contribution < -0.4 is 5.32 Å². The molecule has 1 saturated heterocycles. The zero-order chi connectivity index (χ0) is 21.3. The molecular formula is C18H17FN6O5. The van der Waals surface area contributed by atoms with Crippen molar-refractivity contribution >= 4 is 29.0 Å². The van der Waals surface area contributed by atoms with E-state index in [0.29, 0.717) is 12.0 Å². The van der Waals surface area contributed by atoms with Crippen LogP contribution in [-0.4, -0.2) is 60.5 Å². The number of anilines is 1. The Morgan fingerprint density at radius 2 is 2.07 bits per heavy atom. The van der Waals surface area contributed by atoms with E-state index >= 15 is 0 Å². The molecule has 4 rings (SSSR count). The molecule has 1 aliphatic rings. The fourth-order valence-corrected chi connectivity index (χ4v) is 3.27. The molecule has 0 unspecified atom stereocenters. The first-order chi connectivity index (χ1) is 14.5. The van der Waals surface area contributed by atoms with Crippen LogP contribution in [0.1, 0.15) is 29.9 Å². The van der Waals surface area contributed by atoms with Crippen molar-refractivity contribution in [2.24, 2.45) is 0 Å². The van der Waals surface area contributed by atoms with Gasteiger partial charge in [0.25, 0.3) is 5.91 Å². The van der Waals surface area contributed by atoms with Crippen LogP contribution in [0.5, 0.6) is 0 Å². The van der Waals surface area contributed by atoms with E-state index in [4.69, 9.17) is 9.84 Å². The van der Waals surface area contributed by atoms with Crippen molar-refractivity contribution in [2.75, 3.05) is 5.32 Å². The number of benzene rings is 1. The third-order valence-electron chi connectivity index (χ3n) is 4.68. The predicted molar refractivity (Wildman–Crippen MR) is 99.5 cm³/mol. The molecule has 1 aliphatic heterocycles. The molecule has 156 valence electrons. The first kappa shape index (κ1) is 19.6. The van der Waals surface area contributed by atoms with Crippen LogP contribution in [0.2, 0.25) is 0 Å². The van der Waals surface area contributed by atoms with E-state index in [1.165, 1.54) is 6.33 Å². The Kier molecular flexibility index (Phi) is 5.23. The number of hydrogen-bond donors (Lipinski definition) is 2. The molecule has 30 heavy (non-hydrogen) atoms. The highest BCUT2D eigenvalue weighted by Crippen LogP contribution is 2.36. The summed E-state index contributed by atoms with van der Waals surface area (Å²) >= 11 is 0. The Balaban J connectivity index is 1.63. The van der Waals surface area contributed by atoms with Gasteiger partial charge in [0.2, 0.25) is 0 Å². The lowest BCUT2D eigenvalue weighted by atomic mass is 10.1. The number of amides is 1.